The largest absolute Gasteiger partial charge is 0.497 e. The van der Waals surface area contributed by atoms with Gasteiger partial charge in [-0.3, -0.25) is 0 Å². The van der Waals surface area contributed by atoms with Gasteiger partial charge in [0.05, 0.1) is 18.5 Å². The summed E-state index contributed by atoms with van der Waals surface area (Å²) in [5, 5.41) is 8.59. The van der Waals surface area contributed by atoms with Crippen molar-refractivity contribution in [3.63, 3.8) is 0 Å². The van der Waals surface area contributed by atoms with Crippen molar-refractivity contribution in [3.8, 4) is 11.4 Å². The number of aromatic nitrogens is 2. The number of nitrogens with zero attached hydrogens (tertiary/aromatic N) is 2. The fourth-order valence-electron chi connectivity index (χ4n) is 3.49. The summed E-state index contributed by atoms with van der Waals surface area (Å²) in [7, 11) is 1.71. The van der Waals surface area contributed by atoms with Gasteiger partial charge in [0.25, 0.3) is 0 Å². The Morgan fingerprint density at radius 3 is 2.88 bits per heavy atom. The van der Waals surface area contributed by atoms with Crippen molar-refractivity contribution in [2.45, 2.75) is 25.7 Å². The minimum absolute atomic E-state index is 0.808. The predicted molar refractivity (Wildman–Crippen MR) is 108 cm³/mol. The molecular weight excluding hydrogens is 390 g/mol. The zero-order valence-electron chi connectivity index (χ0n) is 14.8. The molecule has 3 aromatic rings. The second-order valence-corrected chi connectivity index (χ2v) is 7.49. The molecule has 1 aliphatic heterocycles. The minimum atomic E-state index is 0.808. The van der Waals surface area contributed by atoms with Gasteiger partial charge in [-0.05, 0) is 55.2 Å². The number of methoxy groups -OCH3 is 1. The van der Waals surface area contributed by atoms with Crippen molar-refractivity contribution in [3.05, 3.63) is 69.8 Å². The van der Waals surface area contributed by atoms with Crippen molar-refractivity contribution in [2.75, 3.05) is 19.0 Å². The molecule has 0 radical (unpaired) electrons. The first kappa shape index (κ1) is 17.2. The van der Waals surface area contributed by atoms with Gasteiger partial charge in [-0.1, -0.05) is 34.1 Å². The minimum Gasteiger partial charge on any atom is -0.497 e. The molecule has 4 nitrogen and oxygen atoms in total. The summed E-state index contributed by atoms with van der Waals surface area (Å²) in [6.07, 6.45) is 4.25. The fraction of sp³-hybridized carbons (Fsp3) is 0.286. The molecule has 0 aliphatic carbocycles. The van der Waals surface area contributed by atoms with E-state index in [1.807, 2.05) is 24.3 Å². The maximum Gasteiger partial charge on any atom is 0.133 e. The monoisotopic (exact) mass is 411 g/mol. The Balaban J connectivity index is 1.77. The third-order valence-corrected chi connectivity index (χ3v) is 5.26. The number of fused-ring (bicyclic) bond motifs is 1. The molecule has 0 spiro atoms. The van der Waals surface area contributed by atoms with Crippen LogP contribution in [0.5, 0.6) is 5.75 Å². The van der Waals surface area contributed by atoms with E-state index in [1.165, 1.54) is 24.0 Å². The SMILES string of the molecule is COc1cccc(Cc2nn(-c3cccc(Br)c3)c3c2CCCCN3)c1. The second kappa shape index (κ2) is 7.54. The molecule has 1 N–H and O–H groups in total. The number of nitrogens with one attached hydrogen (secondary N) is 1. The maximum atomic E-state index is 5.37. The van der Waals surface area contributed by atoms with Crippen LogP contribution in [0.25, 0.3) is 5.69 Å². The Morgan fingerprint density at radius 1 is 1.15 bits per heavy atom. The van der Waals surface area contributed by atoms with Crippen molar-refractivity contribution >= 4 is 21.7 Å². The zero-order valence-corrected chi connectivity index (χ0v) is 16.4. The Kier molecular flexibility index (Phi) is 4.98. The van der Waals surface area contributed by atoms with Crippen LogP contribution in [-0.2, 0) is 12.8 Å². The summed E-state index contributed by atoms with van der Waals surface area (Å²) in [5.41, 5.74) is 4.77. The first-order valence-electron chi connectivity index (χ1n) is 8.98. The van der Waals surface area contributed by atoms with E-state index in [2.05, 4.69) is 50.2 Å². The molecule has 0 amide bonds. The van der Waals surface area contributed by atoms with Crippen molar-refractivity contribution in [1.29, 1.82) is 0 Å². The molecule has 2 aromatic carbocycles. The van der Waals surface area contributed by atoms with Crippen LogP contribution in [0, 0.1) is 0 Å². The quantitative estimate of drug-likeness (QED) is 0.657. The lowest BCUT2D eigenvalue weighted by molar-refractivity contribution is 0.414. The van der Waals surface area contributed by atoms with E-state index < -0.39 is 0 Å². The number of anilines is 1. The molecule has 0 saturated carbocycles. The molecule has 0 atom stereocenters. The van der Waals surface area contributed by atoms with Crippen molar-refractivity contribution in [1.82, 2.24) is 9.78 Å². The van der Waals surface area contributed by atoms with E-state index in [1.54, 1.807) is 7.11 Å². The van der Waals surface area contributed by atoms with Gasteiger partial charge in [-0.25, -0.2) is 4.68 Å². The van der Waals surface area contributed by atoms with E-state index in [-0.39, 0.29) is 0 Å². The molecule has 2 heterocycles. The summed E-state index contributed by atoms with van der Waals surface area (Å²) in [4.78, 5) is 0. The van der Waals surface area contributed by atoms with E-state index >= 15 is 0 Å². The van der Waals surface area contributed by atoms with Crippen LogP contribution in [0.1, 0.15) is 29.7 Å². The normalized spacial score (nSPS) is 13.6. The van der Waals surface area contributed by atoms with E-state index in [0.29, 0.717) is 0 Å². The average molecular weight is 412 g/mol. The van der Waals surface area contributed by atoms with Crippen LogP contribution in [0.2, 0.25) is 0 Å². The Labute approximate surface area is 162 Å². The van der Waals surface area contributed by atoms with Crippen LogP contribution in [0.15, 0.2) is 53.0 Å². The Bertz CT molecular complexity index is 919. The summed E-state index contributed by atoms with van der Waals surface area (Å²) in [5.74, 6) is 2.02. The number of rotatable bonds is 4. The van der Waals surface area contributed by atoms with Crippen molar-refractivity contribution < 1.29 is 4.74 Å². The highest BCUT2D eigenvalue weighted by molar-refractivity contribution is 9.10. The van der Waals surface area contributed by atoms with Gasteiger partial charge >= 0.3 is 0 Å². The summed E-state index contributed by atoms with van der Waals surface area (Å²) in [6.45, 7) is 0.991. The second-order valence-electron chi connectivity index (χ2n) is 6.58. The molecule has 0 unspecified atom stereocenters. The van der Waals surface area contributed by atoms with Gasteiger partial charge < -0.3 is 10.1 Å². The highest BCUT2D eigenvalue weighted by Crippen LogP contribution is 2.30. The van der Waals surface area contributed by atoms with E-state index in [0.717, 1.165) is 46.8 Å². The number of halogens is 1. The lowest BCUT2D eigenvalue weighted by Gasteiger charge is -2.09. The number of benzene rings is 2. The molecule has 4 rings (SSSR count). The van der Waals surface area contributed by atoms with Crippen LogP contribution >= 0.6 is 15.9 Å². The molecular formula is C21H22BrN3O. The number of hydrogen-bond donors (Lipinski definition) is 1. The highest BCUT2D eigenvalue weighted by Gasteiger charge is 2.21. The van der Waals surface area contributed by atoms with Crippen LogP contribution in [0.3, 0.4) is 0 Å². The average Bonchev–Trinajstić information content (AvgIpc) is 2.83. The smallest absolute Gasteiger partial charge is 0.133 e. The van der Waals surface area contributed by atoms with Crippen LogP contribution < -0.4 is 10.1 Å². The van der Waals surface area contributed by atoms with Gasteiger partial charge in [0.2, 0.25) is 0 Å². The molecule has 26 heavy (non-hydrogen) atoms. The molecule has 1 aromatic heterocycles. The molecule has 1 aliphatic rings. The molecule has 0 fully saturated rings. The van der Waals surface area contributed by atoms with E-state index in [9.17, 15) is 0 Å². The van der Waals surface area contributed by atoms with Crippen molar-refractivity contribution in [2.24, 2.45) is 0 Å². The maximum absolute atomic E-state index is 5.37. The van der Waals surface area contributed by atoms with Gasteiger partial charge in [-0.2, -0.15) is 5.10 Å². The Morgan fingerprint density at radius 2 is 2.04 bits per heavy atom. The van der Waals surface area contributed by atoms with E-state index in [4.69, 9.17) is 9.84 Å². The van der Waals surface area contributed by atoms with Gasteiger partial charge in [0.1, 0.15) is 11.6 Å². The standard InChI is InChI=1S/C21H22BrN3O/c1-26-18-9-4-6-15(12-18)13-20-19-10-2-3-11-23-21(19)25(24-20)17-8-5-7-16(22)14-17/h4-9,12,14,23H,2-3,10-11,13H2,1H3. The first-order valence-corrected chi connectivity index (χ1v) is 9.77. The predicted octanol–water partition coefficient (Wildman–Crippen LogP) is 4.98. The summed E-state index contributed by atoms with van der Waals surface area (Å²) < 4.78 is 8.48. The lowest BCUT2D eigenvalue weighted by atomic mass is 10.0. The molecule has 0 bridgehead atoms. The van der Waals surface area contributed by atoms with Crippen LogP contribution in [0.4, 0.5) is 5.82 Å². The lowest BCUT2D eigenvalue weighted by Crippen LogP contribution is -2.07. The molecule has 134 valence electrons. The number of hydrogen-bond acceptors (Lipinski definition) is 3. The third-order valence-electron chi connectivity index (χ3n) is 4.77. The summed E-state index contributed by atoms with van der Waals surface area (Å²) in [6, 6.07) is 16.5. The first-order chi connectivity index (χ1) is 12.7. The fourth-order valence-corrected chi connectivity index (χ4v) is 3.87. The highest BCUT2D eigenvalue weighted by atomic mass is 79.9. The molecule has 5 heteroatoms. The van der Waals surface area contributed by atoms with Gasteiger partial charge in [0, 0.05) is 23.0 Å². The topological polar surface area (TPSA) is 39.1 Å². The number of ether oxygens (including phenoxy) is 1. The summed E-state index contributed by atoms with van der Waals surface area (Å²) >= 11 is 3.57. The zero-order chi connectivity index (χ0) is 17.9. The molecule has 0 saturated heterocycles. The Hall–Kier alpha value is -2.27. The van der Waals surface area contributed by atoms with Gasteiger partial charge in [-0.15, -0.1) is 0 Å². The third kappa shape index (κ3) is 3.49. The van der Waals surface area contributed by atoms with Crippen LogP contribution in [-0.4, -0.2) is 23.4 Å². The van der Waals surface area contributed by atoms with Gasteiger partial charge in [0.15, 0.2) is 0 Å².